The standard InChI is InChI=1S/C25H26N2O8/c1-14(2)24(25(31)32)27-21(28)12-26-22(29)13-34-17-8-9-18-19(11-23(30)35-20(18)10-17)15-4-6-16(33-3)7-5-15/h4-11,14,24H,12-13H2,1-3H3,(H,26,29)(H,27,28)(H,31,32)/t24-/m1/s1. The highest BCUT2D eigenvalue weighted by molar-refractivity contribution is 5.94. The third-order valence-electron chi connectivity index (χ3n) is 5.18. The molecule has 35 heavy (non-hydrogen) atoms. The van der Waals surface area contributed by atoms with Gasteiger partial charge in [0.2, 0.25) is 5.91 Å². The molecule has 184 valence electrons. The maximum absolute atomic E-state index is 12.1. The molecule has 1 aromatic heterocycles. The van der Waals surface area contributed by atoms with Gasteiger partial charge >= 0.3 is 11.6 Å². The molecule has 10 nitrogen and oxygen atoms in total. The number of rotatable bonds is 10. The largest absolute Gasteiger partial charge is 0.497 e. The highest BCUT2D eigenvalue weighted by atomic mass is 16.5. The molecular formula is C25H26N2O8. The summed E-state index contributed by atoms with van der Waals surface area (Å²) >= 11 is 0. The quantitative estimate of drug-likeness (QED) is 0.373. The maximum atomic E-state index is 12.1. The summed E-state index contributed by atoms with van der Waals surface area (Å²) in [4.78, 5) is 47.3. The zero-order chi connectivity index (χ0) is 25.5. The number of hydrogen-bond acceptors (Lipinski definition) is 7. The van der Waals surface area contributed by atoms with Crippen LogP contribution < -0.4 is 25.7 Å². The fourth-order valence-electron chi connectivity index (χ4n) is 3.36. The van der Waals surface area contributed by atoms with Crippen molar-refractivity contribution in [2.45, 2.75) is 19.9 Å². The number of benzene rings is 2. The molecule has 10 heteroatoms. The molecule has 0 aliphatic carbocycles. The van der Waals surface area contributed by atoms with E-state index in [9.17, 15) is 19.2 Å². The Balaban J connectivity index is 1.64. The van der Waals surface area contributed by atoms with Crippen LogP contribution >= 0.6 is 0 Å². The molecule has 0 spiro atoms. The first-order valence-electron chi connectivity index (χ1n) is 10.8. The average molecular weight is 482 g/mol. The van der Waals surface area contributed by atoms with E-state index in [-0.39, 0.29) is 17.3 Å². The second-order valence-electron chi connectivity index (χ2n) is 8.06. The zero-order valence-electron chi connectivity index (χ0n) is 19.5. The van der Waals surface area contributed by atoms with Gasteiger partial charge in [-0.1, -0.05) is 26.0 Å². The van der Waals surface area contributed by atoms with Gasteiger partial charge in [-0.05, 0) is 41.3 Å². The minimum Gasteiger partial charge on any atom is -0.497 e. The highest BCUT2D eigenvalue weighted by Crippen LogP contribution is 2.30. The molecule has 0 bridgehead atoms. The van der Waals surface area contributed by atoms with Crippen molar-refractivity contribution in [2.75, 3.05) is 20.3 Å². The van der Waals surface area contributed by atoms with Crippen LogP contribution in [0.15, 0.2) is 57.7 Å². The molecule has 0 aliphatic rings. The van der Waals surface area contributed by atoms with Crippen molar-refractivity contribution in [1.82, 2.24) is 10.6 Å². The molecule has 0 fully saturated rings. The molecule has 3 N–H and O–H groups in total. The molecule has 0 saturated carbocycles. The number of ether oxygens (including phenoxy) is 2. The van der Waals surface area contributed by atoms with Gasteiger partial charge in [-0.2, -0.15) is 0 Å². The predicted octanol–water partition coefficient (Wildman–Crippen LogP) is 2.19. The van der Waals surface area contributed by atoms with Crippen molar-refractivity contribution >= 4 is 28.8 Å². The highest BCUT2D eigenvalue weighted by Gasteiger charge is 2.23. The van der Waals surface area contributed by atoms with Crippen molar-refractivity contribution in [2.24, 2.45) is 5.92 Å². The molecule has 0 aliphatic heterocycles. The fraction of sp³-hybridized carbons (Fsp3) is 0.280. The number of amides is 2. The predicted molar refractivity (Wildman–Crippen MR) is 127 cm³/mol. The lowest BCUT2D eigenvalue weighted by molar-refractivity contribution is -0.143. The first-order chi connectivity index (χ1) is 16.7. The van der Waals surface area contributed by atoms with Crippen molar-refractivity contribution in [3.63, 3.8) is 0 Å². The maximum Gasteiger partial charge on any atom is 0.336 e. The van der Waals surface area contributed by atoms with Crippen LogP contribution in [-0.2, 0) is 14.4 Å². The molecule has 1 heterocycles. The van der Waals surface area contributed by atoms with Crippen LogP contribution in [0.4, 0.5) is 0 Å². The van der Waals surface area contributed by atoms with Gasteiger partial charge in [0.05, 0.1) is 13.7 Å². The number of fused-ring (bicyclic) bond motifs is 1. The van der Waals surface area contributed by atoms with E-state index in [1.165, 1.54) is 12.1 Å². The zero-order valence-corrected chi connectivity index (χ0v) is 19.5. The Hall–Kier alpha value is -4.34. The Kier molecular flexibility index (Phi) is 8.08. The topological polar surface area (TPSA) is 144 Å². The number of carboxylic acid groups (broad SMARTS) is 1. The molecule has 3 aromatic rings. The van der Waals surface area contributed by atoms with Crippen molar-refractivity contribution in [3.05, 3.63) is 59.0 Å². The number of aliphatic carboxylic acids is 1. The molecule has 0 unspecified atom stereocenters. The molecular weight excluding hydrogens is 456 g/mol. The lowest BCUT2D eigenvalue weighted by atomic mass is 10.0. The lowest BCUT2D eigenvalue weighted by Gasteiger charge is -2.18. The van der Waals surface area contributed by atoms with Crippen molar-refractivity contribution in [3.8, 4) is 22.6 Å². The average Bonchev–Trinajstić information content (AvgIpc) is 2.83. The van der Waals surface area contributed by atoms with Crippen LogP contribution in [0.1, 0.15) is 13.8 Å². The minimum atomic E-state index is -1.15. The lowest BCUT2D eigenvalue weighted by Crippen LogP contribution is -2.48. The Labute approximate surface area is 200 Å². The number of nitrogens with one attached hydrogen (secondary N) is 2. The van der Waals surface area contributed by atoms with E-state index in [4.69, 9.17) is 19.0 Å². The monoisotopic (exact) mass is 482 g/mol. The van der Waals surface area contributed by atoms with Gasteiger partial charge in [0.15, 0.2) is 6.61 Å². The third-order valence-corrected chi connectivity index (χ3v) is 5.18. The summed E-state index contributed by atoms with van der Waals surface area (Å²) in [5.41, 5.74) is 1.23. The first kappa shape index (κ1) is 25.3. The van der Waals surface area contributed by atoms with Gasteiger partial charge in [-0.3, -0.25) is 9.59 Å². The van der Waals surface area contributed by atoms with E-state index < -0.39 is 42.6 Å². The summed E-state index contributed by atoms with van der Waals surface area (Å²) in [6.45, 7) is 2.54. The smallest absolute Gasteiger partial charge is 0.336 e. The molecule has 1 atom stereocenters. The Morgan fingerprint density at radius 3 is 2.31 bits per heavy atom. The van der Waals surface area contributed by atoms with Crippen LogP contribution in [0.3, 0.4) is 0 Å². The normalized spacial score (nSPS) is 11.7. The molecule has 2 aromatic carbocycles. The molecule has 3 rings (SSSR count). The number of carbonyl (C=O) groups is 3. The minimum absolute atomic E-state index is 0.286. The summed E-state index contributed by atoms with van der Waals surface area (Å²) < 4.78 is 15.9. The van der Waals surface area contributed by atoms with Gasteiger partial charge in [0.1, 0.15) is 23.1 Å². The van der Waals surface area contributed by atoms with Crippen LogP contribution in [0.25, 0.3) is 22.1 Å². The second kappa shape index (κ2) is 11.2. The summed E-state index contributed by atoms with van der Waals surface area (Å²) in [6.07, 6.45) is 0. The summed E-state index contributed by atoms with van der Waals surface area (Å²) in [7, 11) is 1.57. The van der Waals surface area contributed by atoms with E-state index in [2.05, 4.69) is 10.6 Å². The Morgan fingerprint density at radius 1 is 1.00 bits per heavy atom. The number of carboxylic acids is 1. The third kappa shape index (κ3) is 6.59. The Bertz CT molecular complexity index is 1280. The first-order valence-corrected chi connectivity index (χ1v) is 10.8. The van der Waals surface area contributed by atoms with E-state index in [1.54, 1.807) is 45.2 Å². The number of hydrogen-bond donors (Lipinski definition) is 3. The number of methoxy groups -OCH3 is 1. The van der Waals surface area contributed by atoms with Crippen LogP contribution in [0.5, 0.6) is 11.5 Å². The summed E-state index contributed by atoms with van der Waals surface area (Å²) in [6, 6.07) is 12.4. The second-order valence-corrected chi connectivity index (χ2v) is 8.06. The SMILES string of the molecule is COc1ccc(-c2cc(=O)oc3cc(OCC(=O)NCC(=O)N[C@@H](C(=O)O)C(C)C)ccc23)cc1. The van der Waals surface area contributed by atoms with Gasteiger partial charge < -0.3 is 29.6 Å². The van der Waals surface area contributed by atoms with Gasteiger partial charge in [-0.15, -0.1) is 0 Å². The van der Waals surface area contributed by atoms with Crippen LogP contribution in [0.2, 0.25) is 0 Å². The summed E-state index contributed by atoms with van der Waals surface area (Å²) in [5.74, 6) is -1.69. The number of carbonyl (C=O) groups excluding carboxylic acids is 2. The Morgan fingerprint density at radius 2 is 1.69 bits per heavy atom. The van der Waals surface area contributed by atoms with E-state index in [0.717, 1.165) is 5.56 Å². The van der Waals surface area contributed by atoms with Crippen molar-refractivity contribution in [1.29, 1.82) is 0 Å². The van der Waals surface area contributed by atoms with Gasteiger partial charge in [0, 0.05) is 17.5 Å². The van der Waals surface area contributed by atoms with Crippen molar-refractivity contribution < 1.29 is 33.4 Å². The van der Waals surface area contributed by atoms with E-state index in [1.807, 2.05) is 12.1 Å². The fourth-order valence-corrected chi connectivity index (χ4v) is 3.36. The molecule has 0 saturated heterocycles. The van der Waals surface area contributed by atoms with Crippen LogP contribution in [0, 0.1) is 5.92 Å². The molecule has 2 amide bonds. The van der Waals surface area contributed by atoms with Crippen LogP contribution in [-0.4, -0.2) is 49.2 Å². The molecule has 0 radical (unpaired) electrons. The van der Waals surface area contributed by atoms with Gasteiger partial charge in [-0.25, -0.2) is 9.59 Å². The van der Waals surface area contributed by atoms with E-state index in [0.29, 0.717) is 16.7 Å². The summed E-state index contributed by atoms with van der Waals surface area (Å²) in [5, 5.41) is 14.5. The van der Waals surface area contributed by atoms with E-state index >= 15 is 0 Å². The van der Waals surface area contributed by atoms with Gasteiger partial charge in [0.25, 0.3) is 5.91 Å².